The lowest BCUT2D eigenvalue weighted by Gasteiger charge is -2.32. The average Bonchev–Trinajstić information content (AvgIpc) is 2.79. The number of rotatable bonds is 5. The predicted molar refractivity (Wildman–Crippen MR) is 116 cm³/mol. The number of hydrogen-bond donors (Lipinski definition) is 1. The van der Waals surface area contributed by atoms with Crippen molar-refractivity contribution in [2.45, 2.75) is 19.4 Å². The number of benzene rings is 2. The van der Waals surface area contributed by atoms with Gasteiger partial charge in [0, 0.05) is 30.2 Å². The molecule has 1 unspecified atom stereocenters. The van der Waals surface area contributed by atoms with Crippen LogP contribution in [0.1, 0.15) is 18.4 Å². The molecule has 1 fully saturated rings. The van der Waals surface area contributed by atoms with Crippen molar-refractivity contribution in [3.63, 3.8) is 0 Å². The van der Waals surface area contributed by atoms with Crippen LogP contribution in [0, 0.1) is 11.7 Å². The summed E-state index contributed by atoms with van der Waals surface area (Å²) in [5.74, 6) is 0.371. The van der Waals surface area contributed by atoms with E-state index in [0.717, 1.165) is 36.3 Å². The van der Waals surface area contributed by atoms with E-state index in [1.165, 1.54) is 12.1 Å². The van der Waals surface area contributed by atoms with Gasteiger partial charge in [0.2, 0.25) is 5.91 Å². The maximum atomic E-state index is 13.1. The van der Waals surface area contributed by atoms with E-state index in [4.69, 9.17) is 11.6 Å². The minimum absolute atomic E-state index is 0.0236. The fourth-order valence-corrected chi connectivity index (χ4v) is 3.84. The molecule has 154 valence electrons. The molecule has 1 aliphatic heterocycles. The molecule has 1 N–H and O–H groups in total. The lowest BCUT2D eigenvalue weighted by atomic mass is 9.97. The monoisotopic (exact) mass is 424 g/mol. The second kappa shape index (κ2) is 9.22. The van der Waals surface area contributed by atoms with Crippen molar-refractivity contribution in [2.75, 3.05) is 18.0 Å². The van der Waals surface area contributed by atoms with Crippen LogP contribution in [0.4, 0.5) is 10.2 Å². The lowest BCUT2D eigenvalue weighted by Crippen LogP contribution is -2.43. The molecule has 1 amide bonds. The molecule has 1 aliphatic rings. The number of carbonyl (C=O) groups excluding carboxylic acids is 1. The summed E-state index contributed by atoms with van der Waals surface area (Å²) >= 11 is 6.17. The zero-order valence-corrected chi connectivity index (χ0v) is 17.1. The van der Waals surface area contributed by atoms with Crippen molar-refractivity contribution < 1.29 is 9.18 Å². The topological polar surface area (TPSA) is 58.1 Å². The molecule has 1 aromatic heterocycles. The van der Waals surface area contributed by atoms with Gasteiger partial charge in [-0.3, -0.25) is 4.79 Å². The molecule has 30 heavy (non-hydrogen) atoms. The molecular weight excluding hydrogens is 403 g/mol. The fourth-order valence-electron chi connectivity index (χ4n) is 3.64. The van der Waals surface area contributed by atoms with Gasteiger partial charge < -0.3 is 10.2 Å². The third-order valence-electron chi connectivity index (χ3n) is 5.32. The number of amides is 1. The summed E-state index contributed by atoms with van der Waals surface area (Å²) in [6.07, 6.45) is 1.75. The Hall–Kier alpha value is -2.99. The van der Waals surface area contributed by atoms with Gasteiger partial charge in [0.15, 0.2) is 5.82 Å². The second-order valence-corrected chi connectivity index (χ2v) is 7.79. The molecule has 0 radical (unpaired) electrons. The van der Waals surface area contributed by atoms with Gasteiger partial charge in [0.1, 0.15) is 5.82 Å². The van der Waals surface area contributed by atoms with Crippen LogP contribution in [0.3, 0.4) is 0 Å². The van der Waals surface area contributed by atoms with Crippen molar-refractivity contribution in [3.8, 4) is 11.3 Å². The minimum atomic E-state index is -0.282. The fraction of sp³-hybridized carbons (Fsp3) is 0.261. The van der Waals surface area contributed by atoms with Gasteiger partial charge in [-0.1, -0.05) is 29.8 Å². The Kier molecular flexibility index (Phi) is 6.23. The summed E-state index contributed by atoms with van der Waals surface area (Å²) in [5, 5.41) is 12.3. The van der Waals surface area contributed by atoms with Crippen LogP contribution >= 0.6 is 11.6 Å². The third kappa shape index (κ3) is 4.76. The first kappa shape index (κ1) is 20.3. The summed E-state index contributed by atoms with van der Waals surface area (Å²) in [7, 11) is 0. The molecule has 5 nitrogen and oxygen atoms in total. The number of nitrogens with one attached hydrogen (secondary N) is 1. The van der Waals surface area contributed by atoms with Crippen LogP contribution in [0.15, 0.2) is 60.7 Å². The number of anilines is 1. The Morgan fingerprint density at radius 3 is 2.63 bits per heavy atom. The summed E-state index contributed by atoms with van der Waals surface area (Å²) in [4.78, 5) is 14.8. The van der Waals surface area contributed by atoms with Crippen LogP contribution in [0.25, 0.3) is 11.3 Å². The standard InChI is InChI=1S/C23H22ClFN4O/c24-20-6-2-1-4-17(20)14-26-23(30)18-5-3-13-29(15-18)22-12-11-21(27-28-22)16-7-9-19(25)10-8-16/h1-2,4,6-12,18H,3,5,13-15H2,(H,26,30). The molecule has 7 heteroatoms. The molecule has 3 aromatic rings. The Bertz CT molecular complexity index is 1010. The van der Waals surface area contributed by atoms with Crippen molar-refractivity contribution in [1.82, 2.24) is 15.5 Å². The minimum Gasteiger partial charge on any atom is -0.354 e. The quantitative estimate of drug-likeness (QED) is 0.656. The van der Waals surface area contributed by atoms with Crippen molar-refractivity contribution in [1.29, 1.82) is 0 Å². The first-order valence-electron chi connectivity index (χ1n) is 9.96. The normalized spacial score (nSPS) is 16.3. The highest BCUT2D eigenvalue weighted by molar-refractivity contribution is 6.31. The highest BCUT2D eigenvalue weighted by Gasteiger charge is 2.26. The number of halogens is 2. The van der Waals surface area contributed by atoms with E-state index in [0.29, 0.717) is 23.8 Å². The summed E-state index contributed by atoms with van der Waals surface area (Å²) < 4.78 is 13.1. The molecule has 4 rings (SSSR count). The third-order valence-corrected chi connectivity index (χ3v) is 5.69. The van der Waals surface area contributed by atoms with E-state index in [1.807, 2.05) is 36.4 Å². The largest absolute Gasteiger partial charge is 0.354 e. The van der Waals surface area contributed by atoms with E-state index in [1.54, 1.807) is 12.1 Å². The van der Waals surface area contributed by atoms with Gasteiger partial charge in [-0.15, -0.1) is 10.2 Å². The molecule has 2 aromatic carbocycles. The van der Waals surface area contributed by atoms with Crippen LogP contribution < -0.4 is 10.2 Å². The molecule has 1 saturated heterocycles. The maximum absolute atomic E-state index is 13.1. The molecule has 2 heterocycles. The van der Waals surface area contributed by atoms with Crippen molar-refractivity contribution in [3.05, 3.63) is 77.1 Å². The number of hydrogen-bond acceptors (Lipinski definition) is 4. The van der Waals surface area contributed by atoms with E-state index < -0.39 is 0 Å². The van der Waals surface area contributed by atoms with Crippen molar-refractivity contribution in [2.24, 2.45) is 5.92 Å². The summed E-state index contributed by atoms with van der Waals surface area (Å²) in [5.41, 5.74) is 2.40. The molecule has 0 saturated carbocycles. The van der Waals surface area contributed by atoms with E-state index in [9.17, 15) is 9.18 Å². The van der Waals surface area contributed by atoms with Crippen LogP contribution in [-0.4, -0.2) is 29.2 Å². The smallest absolute Gasteiger partial charge is 0.225 e. The van der Waals surface area contributed by atoms with Gasteiger partial charge >= 0.3 is 0 Å². The van der Waals surface area contributed by atoms with Crippen LogP contribution in [0.5, 0.6) is 0 Å². The van der Waals surface area contributed by atoms with Gasteiger partial charge in [-0.05, 0) is 60.9 Å². The average molecular weight is 425 g/mol. The van der Waals surface area contributed by atoms with E-state index >= 15 is 0 Å². The number of carbonyl (C=O) groups is 1. The highest BCUT2D eigenvalue weighted by Crippen LogP contribution is 2.24. The van der Waals surface area contributed by atoms with Gasteiger partial charge in [0.05, 0.1) is 11.6 Å². The SMILES string of the molecule is O=C(NCc1ccccc1Cl)C1CCCN(c2ccc(-c3ccc(F)cc3)nn2)C1. The number of piperidine rings is 1. The van der Waals surface area contributed by atoms with E-state index in [2.05, 4.69) is 20.4 Å². The Balaban J connectivity index is 1.38. The molecule has 0 spiro atoms. The summed E-state index contributed by atoms with van der Waals surface area (Å²) in [6, 6.07) is 17.4. The molecular formula is C23H22ClFN4O. The Morgan fingerprint density at radius 2 is 1.90 bits per heavy atom. The van der Waals surface area contributed by atoms with Crippen LogP contribution in [0.2, 0.25) is 5.02 Å². The lowest BCUT2D eigenvalue weighted by molar-refractivity contribution is -0.125. The Morgan fingerprint density at radius 1 is 1.10 bits per heavy atom. The van der Waals surface area contributed by atoms with Gasteiger partial charge in [0.25, 0.3) is 0 Å². The van der Waals surface area contributed by atoms with E-state index in [-0.39, 0.29) is 17.6 Å². The highest BCUT2D eigenvalue weighted by atomic mass is 35.5. The predicted octanol–water partition coefficient (Wildman–Crippen LogP) is 4.47. The Labute approximate surface area is 179 Å². The van der Waals surface area contributed by atoms with Crippen molar-refractivity contribution >= 4 is 23.3 Å². The zero-order valence-electron chi connectivity index (χ0n) is 16.4. The first-order valence-corrected chi connectivity index (χ1v) is 10.3. The molecule has 0 aliphatic carbocycles. The van der Waals surface area contributed by atoms with Gasteiger partial charge in [-0.25, -0.2) is 4.39 Å². The number of aromatic nitrogens is 2. The zero-order chi connectivity index (χ0) is 20.9. The van der Waals surface area contributed by atoms with Crippen LogP contribution in [-0.2, 0) is 11.3 Å². The second-order valence-electron chi connectivity index (χ2n) is 7.38. The van der Waals surface area contributed by atoms with Gasteiger partial charge in [-0.2, -0.15) is 0 Å². The maximum Gasteiger partial charge on any atom is 0.225 e. The first-order chi connectivity index (χ1) is 14.6. The summed E-state index contributed by atoms with van der Waals surface area (Å²) in [6.45, 7) is 1.85. The number of nitrogens with zero attached hydrogens (tertiary/aromatic N) is 3. The molecule has 1 atom stereocenters. The molecule has 0 bridgehead atoms.